The van der Waals surface area contributed by atoms with Gasteiger partial charge in [-0.3, -0.25) is 4.79 Å². The average molecular weight is 268 g/mol. The fraction of sp³-hybridized carbons (Fsp3) is 0.533. The average Bonchev–Trinajstić information content (AvgIpc) is 2.17. The van der Waals surface area contributed by atoms with Gasteiger partial charge in [-0.1, -0.05) is 19.9 Å². The van der Waals surface area contributed by atoms with Gasteiger partial charge in [0.05, 0.1) is 12.0 Å². The zero-order valence-electron chi connectivity index (χ0n) is 11.8. The highest BCUT2D eigenvalue weighted by Crippen LogP contribution is 2.35. The topological polar surface area (TPSA) is 57.5 Å². The lowest BCUT2D eigenvalue weighted by Gasteiger charge is -2.34. The minimum absolute atomic E-state index is 0.247. The van der Waals surface area contributed by atoms with Gasteiger partial charge in [0, 0.05) is 0 Å². The smallest absolute Gasteiger partial charge is 0.306 e. The SMILES string of the molecule is Cc1ccc(F)cc1C(C)(C)C[C@@](C)(O)CC(=O)O. The van der Waals surface area contributed by atoms with Crippen molar-refractivity contribution in [1.82, 2.24) is 0 Å². The van der Waals surface area contributed by atoms with Crippen LogP contribution in [0.3, 0.4) is 0 Å². The predicted molar refractivity (Wildman–Crippen MR) is 71.7 cm³/mol. The third-order valence-corrected chi connectivity index (χ3v) is 3.28. The Kier molecular flexibility index (Phi) is 4.35. The van der Waals surface area contributed by atoms with Gasteiger partial charge in [0.15, 0.2) is 0 Å². The summed E-state index contributed by atoms with van der Waals surface area (Å²) in [6.45, 7) is 7.14. The van der Waals surface area contributed by atoms with Crippen molar-refractivity contribution in [2.45, 2.75) is 51.6 Å². The van der Waals surface area contributed by atoms with Crippen LogP contribution in [0.2, 0.25) is 0 Å². The van der Waals surface area contributed by atoms with E-state index in [9.17, 15) is 14.3 Å². The van der Waals surface area contributed by atoms with E-state index < -0.39 is 17.0 Å². The zero-order valence-corrected chi connectivity index (χ0v) is 11.8. The van der Waals surface area contributed by atoms with Crippen LogP contribution in [0.25, 0.3) is 0 Å². The molecule has 4 heteroatoms. The summed E-state index contributed by atoms with van der Waals surface area (Å²) in [5, 5.41) is 19.0. The Morgan fingerprint density at radius 1 is 1.32 bits per heavy atom. The Morgan fingerprint density at radius 2 is 1.89 bits per heavy atom. The van der Waals surface area contributed by atoms with Crippen molar-refractivity contribution >= 4 is 5.97 Å². The summed E-state index contributed by atoms with van der Waals surface area (Å²) >= 11 is 0. The van der Waals surface area contributed by atoms with E-state index in [-0.39, 0.29) is 18.7 Å². The maximum absolute atomic E-state index is 13.4. The molecular formula is C15H21FO3. The van der Waals surface area contributed by atoms with Crippen molar-refractivity contribution in [2.24, 2.45) is 0 Å². The summed E-state index contributed by atoms with van der Waals surface area (Å²) in [6.07, 6.45) is -0.0820. The first-order valence-electron chi connectivity index (χ1n) is 6.24. The van der Waals surface area contributed by atoms with Crippen molar-refractivity contribution in [3.8, 4) is 0 Å². The summed E-state index contributed by atoms with van der Waals surface area (Å²) in [6, 6.07) is 4.54. The van der Waals surface area contributed by atoms with Crippen molar-refractivity contribution in [2.75, 3.05) is 0 Å². The van der Waals surface area contributed by atoms with Gasteiger partial charge in [-0.2, -0.15) is 0 Å². The molecule has 19 heavy (non-hydrogen) atoms. The number of hydrogen-bond acceptors (Lipinski definition) is 2. The van der Waals surface area contributed by atoms with Crippen molar-refractivity contribution < 1.29 is 19.4 Å². The van der Waals surface area contributed by atoms with Crippen LogP contribution in [0, 0.1) is 12.7 Å². The standard InChI is InChI=1S/C15H21FO3/c1-10-5-6-11(16)7-12(10)14(2,3)9-15(4,19)8-13(17)18/h5-7,19H,8-9H2,1-4H3,(H,17,18)/t15-/m0/s1. The monoisotopic (exact) mass is 268 g/mol. The number of aliphatic hydroxyl groups is 1. The molecule has 0 fully saturated rings. The Hall–Kier alpha value is -1.42. The van der Waals surface area contributed by atoms with Crippen molar-refractivity contribution in [3.63, 3.8) is 0 Å². The molecule has 0 aromatic heterocycles. The number of aryl methyl sites for hydroxylation is 1. The summed E-state index contributed by atoms with van der Waals surface area (Å²) in [5.41, 5.74) is -0.116. The number of hydrogen-bond donors (Lipinski definition) is 2. The summed E-state index contributed by atoms with van der Waals surface area (Å²) in [5.74, 6) is -1.37. The molecule has 0 bridgehead atoms. The second-order valence-corrected chi connectivity index (χ2v) is 6.09. The van der Waals surface area contributed by atoms with Crippen molar-refractivity contribution in [1.29, 1.82) is 0 Å². The molecule has 0 aliphatic carbocycles. The minimum Gasteiger partial charge on any atom is -0.481 e. The van der Waals surface area contributed by atoms with Crippen LogP contribution in [0.4, 0.5) is 4.39 Å². The molecule has 0 spiro atoms. The Morgan fingerprint density at radius 3 is 2.42 bits per heavy atom. The highest BCUT2D eigenvalue weighted by molar-refractivity contribution is 5.68. The van der Waals surface area contributed by atoms with Crippen LogP contribution in [0.15, 0.2) is 18.2 Å². The zero-order chi connectivity index (χ0) is 14.8. The van der Waals surface area contributed by atoms with Gasteiger partial charge >= 0.3 is 5.97 Å². The van der Waals surface area contributed by atoms with E-state index in [0.717, 1.165) is 11.1 Å². The van der Waals surface area contributed by atoms with Gasteiger partial charge in [-0.25, -0.2) is 4.39 Å². The highest BCUT2D eigenvalue weighted by Gasteiger charge is 2.34. The van der Waals surface area contributed by atoms with E-state index in [4.69, 9.17) is 5.11 Å². The number of halogens is 1. The molecule has 3 nitrogen and oxygen atoms in total. The number of carboxylic acid groups (broad SMARTS) is 1. The normalized spacial score (nSPS) is 15.1. The maximum atomic E-state index is 13.4. The molecule has 1 aromatic rings. The Bertz CT molecular complexity index is 478. The highest BCUT2D eigenvalue weighted by atomic mass is 19.1. The van der Waals surface area contributed by atoms with Crippen LogP contribution >= 0.6 is 0 Å². The maximum Gasteiger partial charge on any atom is 0.306 e. The first-order chi connectivity index (χ1) is 8.53. The Balaban J connectivity index is 3.03. The van der Waals surface area contributed by atoms with Gasteiger partial charge in [0.1, 0.15) is 5.82 Å². The number of carboxylic acids is 1. The molecule has 0 saturated heterocycles. The van der Waals surface area contributed by atoms with Gasteiger partial charge in [-0.15, -0.1) is 0 Å². The quantitative estimate of drug-likeness (QED) is 0.863. The second-order valence-electron chi connectivity index (χ2n) is 6.09. The molecule has 0 aliphatic rings. The van der Waals surface area contributed by atoms with E-state index in [0.29, 0.717) is 0 Å². The van der Waals surface area contributed by atoms with Crippen LogP contribution in [0.1, 0.15) is 44.7 Å². The molecule has 1 rings (SSSR count). The second kappa shape index (κ2) is 5.29. The van der Waals surface area contributed by atoms with E-state index in [2.05, 4.69) is 0 Å². The molecular weight excluding hydrogens is 247 g/mol. The van der Waals surface area contributed by atoms with Gasteiger partial charge in [0.25, 0.3) is 0 Å². The lowest BCUT2D eigenvalue weighted by Crippen LogP contribution is -2.36. The summed E-state index contributed by atoms with van der Waals surface area (Å²) in [7, 11) is 0. The number of carbonyl (C=O) groups is 1. The van der Waals surface area contributed by atoms with Crippen LogP contribution in [0.5, 0.6) is 0 Å². The predicted octanol–water partition coefficient (Wildman–Crippen LogP) is 3.03. The Labute approximate surface area is 113 Å². The first kappa shape index (κ1) is 15.6. The molecule has 0 amide bonds. The van der Waals surface area contributed by atoms with Crippen LogP contribution in [-0.2, 0) is 10.2 Å². The largest absolute Gasteiger partial charge is 0.481 e. The van der Waals surface area contributed by atoms with Crippen LogP contribution in [-0.4, -0.2) is 21.8 Å². The fourth-order valence-corrected chi connectivity index (χ4v) is 2.76. The first-order valence-corrected chi connectivity index (χ1v) is 6.24. The van der Waals surface area contributed by atoms with E-state index in [1.807, 2.05) is 20.8 Å². The van der Waals surface area contributed by atoms with Gasteiger partial charge in [0.2, 0.25) is 0 Å². The molecule has 0 radical (unpaired) electrons. The molecule has 106 valence electrons. The lowest BCUT2D eigenvalue weighted by atomic mass is 9.73. The van der Waals surface area contributed by atoms with Crippen LogP contribution < -0.4 is 0 Å². The van der Waals surface area contributed by atoms with E-state index in [1.54, 1.807) is 6.07 Å². The van der Waals surface area contributed by atoms with Gasteiger partial charge in [-0.05, 0) is 48.9 Å². The number of rotatable bonds is 5. The summed E-state index contributed by atoms with van der Waals surface area (Å²) in [4.78, 5) is 10.7. The molecule has 1 aromatic carbocycles. The molecule has 0 saturated carbocycles. The minimum atomic E-state index is -1.33. The van der Waals surface area contributed by atoms with Gasteiger partial charge < -0.3 is 10.2 Å². The van der Waals surface area contributed by atoms with Crippen molar-refractivity contribution in [3.05, 3.63) is 35.1 Å². The fourth-order valence-electron chi connectivity index (χ4n) is 2.76. The molecule has 0 unspecified atom stereocenters. The molecule has 0 heterocycles. The molecule has 2 N–H and O–H groups in total. The summed E-state index contributed by atoms with van der Waals surface area (Å²) < 4.78 is 13.4. The van der Waals surface area contributed by atoms with E-state index in [1.165, 1.54) is 19.1 Å². The van der Waals surface area contributed by atoms with E-state index >= 15 is 0 Å². The number of aliphatic carboxylic acids is 1. The third kappa shape index (κ3) is 4.31. The molecule has 0 aliphatic heterocycles. The number of benzene rings is 1. The lowest BCUT2D eigenvalue weighted by molar-refractivity contribution is -0.142. The molecule has 1 atom stereocenters. The third-order valence-electron chi connectivity index (χ3n) is 3.28.